The first-order chi connectivity index (χ1) is 15.2. The van der Waals surface area contributed by atoms with Crippen molar-refractivity contribution >= 4 is 17.5 Å². The first-order valence-corrected chi connectivity index (χ1v) is 11.0. The van der Waals surface area contributed by atoms with E-state index < -0.39 is 0 Å². The second-order valence-corrected chi connectivity index (χ2v) is 8.35. The van der Waals surface area contributed by atoms with Gasteiger partial charge in [0.05, 0.1) is 6.04 Å². The minimum Gasteiger partial charge on any atom is -0.486 e. The van der Waals surface area contributed by atoms with Gasteiger partial charge in [0.1, 0.15) is 13.2 Å². The average molecular weight is 421 g/mol. The first-order valence-electron chi connectivity index (χ1n) is 11.0. The summed E-state index contributed by atoms with van der Waals surface area (Å²) < 4.78 is 11.1. The number of ether oxygens (including phenoxy) is 2. The highest BCUT2D eigenvalue weighted by Crippen LogP contribution is 2.33. The fraction of sp³-hybridized carbons (Fsp3) is 0.417. The number of nitrogens with zero attached hydrogens (tertiary/aromatic N) is 1. The number of nitrogens with one attached hydrogen (secondary N) is 2. The molecule has 5 rings (SSSR count). The predicted octanol–water partition coefficient (Wildman–Crippen LogP) is 2.35. The molecule has 3 aliphatic heterocycles. The van der Waals surface area contributed by atoms with Crippen LogP contribution in [0.1, 0.15) is 24.0 Å². The minimum atomic E-state index is -0.182. The van der Waals surface area contributed by atoms with Crippen LogP contribution in [0.15, 0.2) is 42.5 Å². The maximum Gasteiger partial charge on any atom is 0.240 e. The van der Waals surface area contributed by atoms with Crippen LogP contribution in [0.3, 0.4) is 0 Å². The third-order valence-electron chi connectivity index (χ3n) is 6.37. The molecule has 1 atom stereocenters. The van der Waals surface area contributed by atoms with Gasteiger partial charge in [0.25, 0.3) is 0 Å². The lowest BCUT2D eigenvalue weighted by Crippen LogP contribution is -2.52. The molecular formula is C24H27N3O4. The van der Waals surface area contributed by atoms with Crippen LogP contribution in [-0.2, 0) is 22.6 Å². The van der Waals surface area contributed by atoms with Gasteiger partial charge < -0.3 is 25.0 Å². The summed E-state index contributed by atoms with van der Waals surface area (Å²) in [6.07, 6.45) is 2.07. The van der Waals surface area contributed by atoms with Gasteiger partial charge in [0, 0.05) is 37.3 Å². The van der Waals surface area contributed by atoms with Crippen LogP contribution in [0.5, 0.6) is 11.5 Å². The molecule has 0 aliphatic carbocycles. The van der Waals surface area contributed by atoms with Crippen molar-refractivity contribution in [3.63, 3.8) is 0 Å². The number of benzene rings is 2. The Balaban J connectivity index is 1.14. The lowest BCUT2D eigenvalue weighted by Gasteiger charge is -2.35. The average Bonchev–Trinajstić information content (AvgIpc) is 2.83. The molecule has 1 fully saturated rings. The smallest absolute Gasteiger partial charge is 0.240 e. The van der Waals surface area contributed by atoms with E-state index in [1.165, 1.54) is 11.1 Å². The van der Waals surface area contributed by atoms with Crippen LogP contribution in [0.4, 0.5) is 5.69 Å². The van der Waals surface area contributed by atoms with Crippen molar-refractivity contribution in [1.29, 1.82) is 0 Å². The van der Waals surface area contributed by atoms with E-state index in [1.807, 2.05) is 29.2 Å². The van der Waals surface area contributed by atoms with E-state index in [0.29, 0.717) is 56.3 Å². The third-order valence-corrected chi connectivity index (χ3v) is 6.37. The van der Waals surface area contributed by atoms with Crippen LogP contribution in [0.2, 0.25) is 0 Å². The summed E-state index contributed by atoms with van der Waals surface area (Å²) in [7, 11) is 0. The van der Waals surface area contributed by atoms with Crippen LogP contribution in [-0.4, -0.2) is 49.1 Å². The Kier molecular flexibility index (Phi) is 5.51. The molecule has 2 aromatic rings. The van der Waals surface area contributed by atoms with Crippen molar-refractivity contribution in [2.75, 3.05) is 31.6 Å². The summed E-state index contributed by atoms with van der Waals surface area (Å²) in [5, 5.41) is 6.36. The Bertz CT molecular complexity index is 985. The van der Waals surface area contributed by atoms with Crippen molar-refractivity contribution in [2.45, 2.75) is 31.8 Å². The van der Waals surface area contributed by atoms with Gasteiger partial charge in [-0.15, -0.1) is 0 Å². The molecule has 31 heavy (non-hydrogen) atoms. The molecule has 0 saturated carbocycles. The molecule has 1 saturated heterocycles. The third kappa shape index (κ3) is 4.23. The molecule has 3 heterocycles. The maximum absolute atomic E-state index is 13.0. The number of carbonyl (C=O) groups is 2. The van der Waals surface area contributed by atoms with Gasteiger partial charge in [-0.25, -0.2) is 0 Å². The number of piperidine rings is 1. The Morgan fingerprint density at radius 2 is 1.71 bits per heavy atom. The molecule has 0 spiro atoms. The van der Waals surface area contributed by atoms with Crippen molar-refractivity contribution in [2.24, 2.45) is 5.92 Å². The predicted molar refractivity (Wildman–Crippen MR) is 116 cm³/mol. The van der Waals surface area contributed by atoms with Gasteiger partial charge >= 0.3 is 0 Å². The molecular weight excluding hydrogens is 394 g/mol. The fourth-order valence-corrected chi connectivity index (χ4v) is 4.58. The quantitative estimate of drug-likeness (QED) is 0.795. The Morgan fingerprint density at radius 3 is 2.52 bits per heavy atom. The summed E-state index contributed by atoms with van der Waals surface area (Å²) >= 11 is 0. The minimum absolute atomic E-state index is 0.00602. The topological polar surface area (TPSA) is 79.9 Å². The number of rotatable bonds is 3. The van der Waals surface area contributed by atoms with Gasteiger partial charge in [0.15, 0.2) is 11.5 Å². The van der Waals surface area contributed by atoms with Gasteiger partial charge in [-0.3, -0.25) is 9.59 Å². The van der Waals surface area contributed by atoms with E-state index in [1.54, 1.807) is 6.07 Å². The Labute approximate surface area is 181 Å². The summed E-state index contributed by atoms with van der Waals surface area (Å²) in [6, 6.07) is 13.5. The molecule has 0 radical (unpaired) electrons. The van der Waals surface area contributed by atoms with Gasteiger partial charge in [-0.05, 0) is 42.5 Å². The highest BCUT2D eigenvalue weighted by molar-refractivity contribution is 5.93. The van der Waals surface area contributed by atoms with Crippen LogP contribution in [0, 0.1) is 5.92 Å². The zero-order valence-corrected chi connectivity index (χ0v) is 17.4. The van der Waals surface area contributed by atoms with Crippen LogP contribution < -0.4 is 20.1 Å². The molecule has 7 heteroatoms. The number of anilines is 1. The van der Waals surface area contributed by atoms with Crippen molar-refractivity contribution < 1.29 is 19.1 Å². The lowest BCUT2D eigenvalue weighted by molar-refractivity contribution is -0.136. The van der Waals surface area contributed by atoms with Crippen molar-refractivity contribution in [3.8, 4) is 11.5 Å². The molecule has 162 valence electrons. The van der Waals surface area contributed by atoms with Gasteiger partial charge in [0.2, 0.25) is 11.8 Å². The molecule has 0 aromatic heterocycles. The summed E-state index contributed by atoms with van der Waals surface area (Å²) in [5.41, 5.74) is 3.21. The number of carbonyl (C=O) groups excluding carboxylic acids is 2. The number of hydrogen-bond acceptors (Lipinski definition) is 5. The van der Waals surface area contributed by atoms with E-state index in [4.69, 9.17) is 9.47 Å². The van der Waals surface area contributed by atoms with E-state index in [-0.39, 0.29) is 23.8 Å². The van der Waals surface area contributed by atoms with Crippen molar-refractivity contribution in [3.05, 3.63) is 53.6 Å². The molecule has 3 aliphatic rings. The van der Waals surface area contributed by atoms with Crippen molar-refractivity contribution in [1.82, 2.24) is 10.2 Å². The standard InChI is InChI=1S/C24H27N3O4/c28-23(26-19-5-6-21-22(14-19)31-12-11-30-21)16-7-9-27(10-8-16)24(29)20-13-17-3-1-2-4-18(17)15-25-20/h1-6,14,16,20,25H,7-13,15H2,(H,26,28). The SMILES string of the molecule is O=C(Nc1ccc2c(c1)OCCO2)C1CCN(C(=O)C2Cc3ccccc3CN2)CC1. The lowest BCUT2D eigenvalue weighted by atomic mass is 9.92. The molecule has 2 amide bonds. The van der Waals surface area contributed by atoms with E-state index in [2.05, 4.69) is 22.8 Å². The number of fused-ring (bicyclic) bond motifs is 2. The second kappa shape index (κ2) is 8.59. The second-order valence-electron chi connectivity index (χ2n) is 8.35. The number of hydrogen-bond donors (Lipinski definition) is 2. The molecule has 2 aromatic carbocycles. The zero-order valence-electron chi connectivity index (χ0n) is 17.4. The van der Waals surface area contributed by atoms with Crippen LogP contribution >= 0.6 is 0 Å². The molecule has 0 bridgehead atoms. The Morgan fingerprint density at radius 1 is 0.968 bits per heavy atom. The number of amides is 2. The summed E-state index contributed by atoms with van der Waals surface area (Å²) in [5.74, 6) is 1.40. The van der Waals surface area contributed by atoms with Crippen LogP contribution in [0.25, 0.3) is 0 Å². The molecule has 2 N–H and O–H groups in total. The number of likely N-dealkylation sites (tertiary alicyclic amines) is 1. The highest BCUT2D eigenvalue weighted by atomic mass is 16.6. The van der Waals surface area contributed by atoms with Gasteiger partial charge in [-0.1, -0.05) is 24.3 Å². The first kappa shape index (κ1) is 19.9. The Hall–Kier alpha value is -3.06. The van der Waals surface area contributed by atoms with E-state index in [0.717, 1.165) is 13.0 Å². The molecule has 7 nitrogen and oxygen atoms in total. The van der Waals surface area contributed by atoms with E-state index >= 15 is 0 Å². The fourth-order valence-electron chi connectivity index (χ4n) is 4.58. The monoisotopic (exact) mass is 421 g/mol. The normalized spacial score (nSPS) is 20.6. The molecule has 1 unspecified atom stereocenters. The largest absolute Gasteiger partial charge is 0.486 e. The summed E-state index contributed by atoms with van der Waals surface area (Å²) in [6.45, 7) is 2.99. The van der Waals surface area contributed by atoms with E-state index in [9.17, 15) is 9.59 Å². The van der Waals surface area contributed by atoms with Gasteiger partial charge in [-0.2, -0.15) is 0 Å². The maximum atomic E-state index is 13.0. The highest BCUT2D eigenvalue weighted by Gasteiger charge is 2.32. The summed E-state index contributed by atoms with van der Waals surface area (Å²) in [4.78, 5) is 27.7. The zero-order chi connectivity index (χ0) is 21.2.